The Balaban J connectivity index is 1.70. The lowest BCUT2D eigenvalue weighted by molar-refractivity contribution is -0.139. The largest absolute Gasteiger partial charge is 0.496 e. The number of ether oxygens (including phenoxy) is 2. The monoisotopic (exact) mass is 379 g/mol. The van der Waals surface area contributed by atoms with E-state index in [0.29, 0.717) is 5.75 Å². The zero-order chi connectivity index (χ0) is 19.9. The maximum absolute atomic E-state index is 12.0. The lowest BCUT2D eigenvalue weighted by Gasteiger charge is -2.16. The number of carbonyl (C=O) groups is 2. The molecular formula is C22H21NO5. The first-order valence-electron chi connectivity index (χ1n) is 8.82. The van der Waals surface area contributed by atoms with Crippen LogP contribution >= 0.6 is 0 Å². The summed E-state index contributed by atoms with van der Waals surface area (Å²) in [5.74, 6) is -0.479. The third-order valence-corrected chi connectivity index (χ3v) is 4.35. The van der Waals surface area contributed by atoms with E-state index in [2.05, 4.69) is 5.32 Å². The Hall–Kier alpha value is -3.54. The summed E-state index contributed by atoms with van der Waals surface area (Å²) in [6, 6.07) is 19.4. The molecule has 0 saturated carbocycles. The maximum atomic E-state index is 12.0. The van der Waals surface area contributed by atoms with Gasteiger partial charge in [0.25, 0.3) is 0 Å². The molecule has 0 saturated heterocycles. The SMILES string of the molecule is COc1cc(C[C@H](NC(=O)OCc2ccccc2)C(=O)O)cc2ccccc12. The zero-order valence-electron chi connectivity index (χ0n) is 15.4. The van der Waals surface area contributed by atoms with Gasteiger partial charge in [0.2, 0.25) is 0 Å². The molecule has 3 aromatic carbocycles. The zero-order valence-corrected chi connectivity index (χ0v) is 15.4. The number of amides is 1. The van der Waals surface area contributed by atoms with E-state index in [1.54, 1.807) is 13.2 Å². The van der Waals surface area contributed by atoms with Crippen molar-refractivity contribution < 1.29 is 24.2 Å². The number of nitrogens with one attached hydrogen (secondary N) is 1. The van der Waals surface area contributed by atoms with Crippen molar-refractivity contribution in [2.24, 2.45) is 0 Å². The fraction of sp³-hybridized carbons (Fsp3) is 0.182. The first-order chi connectivity index (χ1) is 13.6. The van der Waals surface area contributed by atoms with E-state index in [-0.39, 0.29) is 13.0 Å². The molecule has 0 unspecified atom stereocenters. The van der Waals surface area contributed by atoms with E-state index in [9.17, 15) is 14.7 Å². The Labute approximate surface area is 162 Å². The second-order valence-electron chi connectivity index (χ2n) is 6.32. The number of hydrogen-bond acceptors (Lipinski definition) is 4. The van der Waals surface area contributed by atoms with Crippen LogP contribution in [0.15, 0.2) is 66.7 Å². The van der Waals surface area contributed by atoms with Crippen LogP contribution in [0.25, 0.3) is 10.8 Å². The van der Waals surface area contributed by atoms with Gasteiger partial charge in [-0.2, -0.15) is 0 Å². The molecule has 6 heteroatoms. The summed E-state index contributed by atoms with van der Waals surface area (Å²) in [6.07, 6.45) is -0.666. The molecule has 3 rings (SSSR count). The molecule has 2 N–H and O–H groups in total. The topological polar surface area (TPSA) is 84.9 Å². The Morgan fingerprint density at radius 3 is 2.43 bits per heavy atom. The van der Waals surface area contributed by atoms with Crippen molar-refractivity contribution in [2.45, 2.75) is 19.1 Å². The number of carboxylic acid groups (broad SMARTS) is 1. The lowest BCUT2D eigenvalue weighted by Crippen LogP contribution is -2.42. The molecule has 0 fully saturated rings. The molecular weight excluding hydrogens is 358 g/mol. The van der Waals surface area contributed by atoms with Crippen molar-refractivity contribution >= 4 is 22.8 Å². The van der Waals surface area contributed by atoms with Crippen molar-refractivity contribution in [3.63, 3.8) is 0 Å². The average Bonchev–Trinajstić information content (AvgIpc) is 2.71. The van der Waals surface area contributed by atoms with Gasteiger partial charge in [-0.1, -0.05) is 60.7 Å². The van der Waals surface area contributed by atoms with Gasteiger partial charge in [-0.25, -0.2) is 9.59 Å². The summed E-state index contributed by atoms with van der Waals surface area (Å²) in [6.45, 7) is 0.0722. The van der Waals surface area contributed by atoms with Crippen LogP contribution in [0.3, 0.4) is 0 Å². The third kappa shape index (κ3) is 4.79. The number of aliphatic carboxylic acids is 1. The van der Waals surface area contributed by atoms with Crippen molar-refractivity contribution in [3.05, 3.63) is 77.9 Å². The predicted octanol–water partition coefficient (Wildman–Crippen LogP) is 3.77. The third-order valence-electron chi connectivity index (χ3n) is 4.35. The van der Waals surface area contributed by atoms with Gasteiger partial charge >= 0.3 is 12.1 Å². The Morgan fingerprint density at radius 1 is 1.00 bits per heavy atom. The molecule has 144 valence electrons. The summed E-state index contributed by atoms with van der Waals surface area (Å²) in [7, 11) is 1.57. The van der Waals surface area contributed by atoms with E-state index >= 15 is 0 Å². The molecule has 0 aliphatic rings. The average molecular weight is 379 g/mol. The summed E-state index contributed by atoms with van der Waals surface area (Å²) in [5, 5.41) is 13.8. The number of benzene rings is 3. The van der Waals surface area contributed by atoms with Crippen LogP contribution in [0, 0.1) is 0 Å². The number of hydrogen-bond donors (Lipinski definition) is 2. The molecule has 0 aromatic heterocycles. The molecule has 28 heavy (non-hydrogen) atoms. The van der Waals surface area contributed by atoms with E-state index < -0.39 is 18.1 Å². The lowest BCUT2D eigenvalue weighted by atomic mass is 10.0. The molecule has 6 nitrogen and oxygen atoms in total. The Bertz CT molecular complexity index is 971. The van der Waals surface area contributed by atoms with Gasteiger partial charge in [0.05, 0.1) is 7.11 Å². The number of carbonyl (C=O) groups excluding carboxylic acids is 1. The molecule has 0 bridgehead atoms. The van der Waals surface area contributed by atoms with Crippen molar-refractivity contribution in [3.8, 4) is 5.75 Å². The fourth-order valence-corrected chi connectivity index (χ4v) is 2.96. The van der Waals surface area contributed by atoms with Crippen LogP contribution in [0.1, 0.15) is 11.1 Å². The van der Waals surface area contributed by atoms with Crippen LogP contribution in [0.2, 0.25) is 0 Å². The summed E-state index contributed by atoms with van der Waals surface area (Å²) in [5.41, 5.74) is 1.56. The minimum atomic E-state index is -1.14. The Morgan fingerprint density at radius 2 is 1.71 bits per heavy atom. The molecule has 1 atom stereocenters. The van der Waals surface area contributed by atoms with Crippen LogP contribution in [-0.2, 0) is 22.6 Å². The van der Waals surface area contributed by atoms with Crippen molar-refractivity contribution in [1.82, 2.24) is 5.32 Å². The van der Waals surface area contributed by atoms with E-state index in [0.717, 1.165) is 21.9 Å². The van der Waals surface area contributed by atoms with Gasteiger partial charge in [-0.15, -0.1) is 0 Å². The first kappa shape index (κ1) is 19.2. The highest BCUT2D eigenvalue weighted by molar-refractivity contribution is 5.89. The molecule has 0 aliphatic carbocycles. The second-order valence-corrected chi connectivity index (χ2v) is 6.32. The van der Waals surface area contributed by atoms with Crippen LogP contribution < -0.4 is 10.1 Å². The van der Waals surface area contributed by atoms with Crippen LogP contribution in [0.5, 0.6) is 5.75 Å². The smallest absolute Gasteiger partial charge is 0.408 e. The van der Waals surface area contributed by atoms with Gasteiger partial charge < -0.3 is 19.9 Å². The molecule has 0 aliphatic heterocycles. The molecule has 3 aromatic rings. The molecule has 0 spiro atoms. The predicted molar refractivity (Wildman–Crippen MR) is 105 cm³/mol. The van der Waals surface area contributed by atoms with Crippen LogP contribution in [0.4, 0.5) is 4.79 Å². The summed E-state index contributed by atoms with van der Waals surface area (Å²) >= 11 is 0. The number of carboxylic acids is 1. The molecule has 1 amide bonds. The van der Waals surface area contributed by atoms with E-state index in [1.807, 2.05) is 60.7 Å². The summed E-state index contributed by atoms with van der Waals surface area (Å²) in [4.78, 5) is 23.7. The van der Waals surface area contributed by atoms with Gasteiger partial charge in [-0.05, 0) is 22.6 Å². The van der Waals surface area contributed by atoms with Gasteiger partial charge in [0.1, 0.15) is 18.4 Å². The highest BCUT2D eigenvalue weighted by Gasteiger charge is 2.22. The fourth-order valence-electron chi connectivity index (χ4n) is 2.96. The minimum absolute atomic E-state index is 0.0722. The van der Waals surface area contributed by atoms with Gasteiger partial charge in [0.15, 0.2) is 0 Å². The first-order valence-corrected chi connectivity index (χ1v) is 8.82. The van der Waals surface area contributed by atoms with Crippen molar-refractivity contribution in [1.29, 1.82) is 0 Å². The standard InChI is InChI=1S/C22H21NO5/c1-27-20-13-16(11-17-9-5-6-10-18(17)20)12-19(21(24)25)23-22(26)28-14-15-7-3-2-4-8-15/h2-11,13,19H,12,14H2,1H3,(H,23,26)(H,24,25)/t19-/m0/s1. The quantitative estimate of drug-likeness (QED) is 0.653. The molecule has 0 radical (unpaired) electrons. The highest BCUT2D eigenvalue weighted by Crippen LogP contribution is 2.27. The van der Waals surface area contributed by atoms with Crippen molar-refractivity contribution in [2.75, 3.05) is 7.11 Å². The number of rotatable bonds is 7. The number of alkyl carbamates (subject to hydrolysis) is 1. The number of fused-ring (bicyclic) bond motifs is 1. The van der Waals surface area contributed by atoms with Gasteiger partial charge in [-0.3, -0.25) is 0 Å². The normalized spacial score (nSPS) is 11.6. The second kappa shape index (κ2) is 8.90. The van der Waals surface area contributed by atoms with E-state index in [4.69, 9.17) is 9.47 Å². The van der Waals surface area contributed by atoms with Crippen LogP contribution in [-0.4, -0.2) is 30.3 Å². The highest BCUT2D eigenvalue weighted by atomic mass is 16.5. The van der Waals surface area contributed by atoms with Gasteiger partial charge in [0, 0.05) is 11.8 Å². The summed E-state index contributed by atoms with van der Waals surface area (Å²) < 4.78 is 10.5. The van der Waals surface area contributed by atoms with E-state index in [1.165, 1.54) is 0 Å². The Kier molecular flexibility index (Phi) is 6.11. The molecule has 0 heterocycles. The number of methoxy groups -OCH3 is 1. The minimum Gasteiger partial charge on any atom is -0.496 e. The maximum Gasteiger partial charge on any atom is 0.408 e.